The second-order valence-electron chi connectivity index (χ2n) is 4.09. The van der Waals surface area contributed by atoms with Gasteiger partial charge in [-0.1, -0.05) is 6.07 Å². The molecule has 0 bridgehead atoms. The Morgan fingerprint density at radius 1 is 1.50 bits per heavy atom. The number of nitrogens with zero attached hydrogens (tertiary/aromatic N) is 1. The summed E-state index contributed by atoms with van der Waals surface area (Å²) in [6, 6.07) is 5.51. The second kappa shape index (κ2) is 3.33. The van der Waals surface area contributed by atoms with Crippen LogP contribution in [0, 0.1) is 0 Å². The molecule has 1 aromatic heterocycles. The van der Waals surface area contributed by atoms with E-state index >= 15 is 0 Å². The van der Waals surface area contributed by atoms with Gasteiger partial charge in [0, 0.05) is 5.92 Å². The molecular formula is C12H12N2O2. The Balaban J connectivity index is 2.17. The normalized spacial score (nSPS) is 15.3. The van der Waals surface area contributed by atoms with Gasteiger partial charge in [0.05, 0.1) is 18.2 Å². The van der Waals surface area contributed by atoms with Crippen LogP contribution in [0.2, 0.25) is 0 Å². The van der Waals surface area contributed by atoms with E-state index < -0.39 is 0 Å². The predicted octanol–water partition coefficient (Wildman–Crippen LogP) is 2.23. The van der Waals surface area contributed by atoms with Crippen molar-refractivity contribution in [1.82, 2.24) is 9.97 Å². The van der Waals surface area contributed by atoms with Crippen molar-refractivity contribution in [1.29, 1.82) is 0 Å². The van der Waals surface area contributed by atoms with Crippen LogP contribution in [0.3, 0.4) is 0 Å². The summed E-state index contributed by atoms with van der Waals surface area (Å²) in [5, 5.41) is 0. The third-order valence-electron chi connectivity index (χ3n) is 2.90. The van der Waals surface area contributed by atoms with Gasteiger partial charge in [-0.15, -0.1) is 0 Å². The van der Waals surface area contributed by atoms with Crippen molar-refractivity contribution in [3.05, 3.63) is 29.6 Å². The highest BCUT2D eigenvalue weighted by atomic mass is 16.5. The monoisotopic (exact) mass is 216 g/mol. The van der Waals surface area contributed by atoms with Crippen LogP contribution < -0.4 is 0 Å². The van der Waals surface area contributed by atoms with Crippen LogP contribution in [0.4, 0.5) is 0 Å². The van der Waals surface area contributed by atoms with Crippen molar-refractivity contribution in [3.63, 3.8) is 0 Å². The van der Waals surface area contributed by atoms with E-state index in [9.17, 15) is 4.79 Å². The molecule has 4 heteroatoms. The molecule has 1 fully saturated rings. The molecule has 3 rings (SSSR count). The maximum absolute atomic E-state index is 11.5. The van der Waals surface area contributed by atoms with Gasteiger partial charge in [0.15, 0.2) is 0 Å². The quantitative estimate of drug-likeness (QED) is 0.783. The maximum Gasteiger partial charge on any atom is 0.340 e. The zero-order valence-corrected chi connectivity index (χ0v) is 8.99. The highest BCUT2D eigenvalue weighted by Gasteiger charge is 2.27. The minimum Gasteiger partial charge on any atom is -0.465 e. The number of ether oxygens (including phenoxy) is 1. The number of carbonyl (C=O) groups is 1. The Kier molecular flexibility index (Phi) is 1.96. The van der Waals surface area contributed by atoms with E-state index in [1.807, 2.05) is 12.1 Å². The van der Waals surface area contributed by atoms with Gasteiger partial charge in [0.25, 0.3) is 0 Å². The first kappa shape index (κ1) is 9.39. The SMILES string of the molecule is COC(=O)c1cccc2[nH]c(C3CC3)nc12. The molecule has 1 heterocycles. The van der Waals surface area contributed by atoms with E-state index in [-0.39, 0.29) is 5.97 Å². The van der Waals surface area contributed by atoms with E-state index in [0.717, 1.165) is 16.9 Å². The van der Waals surface area contributed by atoms with Gasteiger partial charge >= 0.3 is 5.97 Å². The molecule has 2 aromatic rings. The lowest BCUT2D eigenvalue weighted by Gasteiger charge is -1.98. The fourth-order valence-corrected chi connectivity index (χ4v) is 1.88. The van der Waals surface area contributed by atoms with Gasteiger partial charge in [-0.2, -0.15) is 0 Å². The maximum atomic E-state index is 11.5. The van der Waals surface area contributed by atoms with Gasteiger partial charge in [0.2, 0.25) is 0 Å². The molecule has 16 heavy (non-hydrogen) atoms. The van der Waals surface area contributed by atoms with Crippen molar-refractivity contribution < 1.29 is 9.53 Å². The smallest absolute Gasteiger partial charge is 0.340 e. The molecule has 0 atom stereocenters. The van der Waals surface area contributed by atoms with Gasteiger partial charge in [0.1, 0.15) is 11.3 Å². The number of rotatable bonds is 2. The molecule has 0 amide bonds. The summed E-state index contributed by atoms with van der Waals surface area (Å²) in [4.78, 5) is 19.3. The van der Waals surface area contributed by atoms with E-state index in [1.165, 1.54) is 20.0 Å². The van der Waals surface area contributed by atoms with Crippen molar-refractivity contribution in [3.8, 4) is 0 Å². The molecule has 1 saturated carbocycles. The number of benzene rings is 1. The average molecular weight is 216 g/mol. The van der Waals surface area contributed by atoms with Crippen LogP contribution >= 0.6 is 0 Å². The molecule has 4 nitrogen and oxygen atoms in total. The lowest BCUT2D eigenvalue weighted by Crippen LogP contribution is -2.01. The number of methoxy groups -OCH3 is 1. The van der Waals surface area contributed by atoms with Gasteiger partial charge < -0.3 is 9.72 Å². The molecule has 1 N–H and O–H groups in total. The van der Waals surface area contributed by atoms with Crippen LogP contribution in [0.1, 0.15) is 34.9 Å². The summed E-state index contributed by atoms with van der Waals surface area (Å²) in [5.74, 6) is 1.21. The third-order valence-corrected chi connectivity index (χ3v) is 2.90. The van der Waals surface area contributed by atoms with Gasteiger partial charge in [-0.05, 0) is 25.0 Å². The first-order valence-electron chi connectivity index (χ1n) is 5.36. The standard InChI is InChI=1S/C12H12N2O2/c1-16-12(15)8-3-2-4-9-10(8)14-11(13-9)7-5-6-7/h2-4,7H,5-6H2,1H3,(H,13,14). The Morgan fingerprint density at radius 3 is 3.00 bits per heavy atom. The van der Waals surface area contributed by atoms with Crippen molar-refractivity contribution in [2.75, 3.05) is 7.11 Å². The first-order valence-corrected chi connectivity index (χ1v) is 5.36. The Hall–Kier alpha value is -1.84. The lowest BCUT2D eigenvalue weighted by molar-refractivity contribution is 0.0603. The van der Waals surface area contributed by atoms with Crippen molar-refractivity contribution in [2.24, 2.45) is 0 Å². The Labute approximate surface area is 92.6 Å². The highest BCUT2D eigenvalue weighted by molar-refractivity contribution is 6.01. The zero-order valence-electron chi connectivity index (χ0n) is 8.99. The number of hydrogen-bond acceptors (Lipinski definition) is 3. The largest absolute Gasteiger partial charge is 0.465 e. The Morgan fingerprint density at radius 2 is 2.31 bits per heavy atom. The van der Waals surface area contributed by atoms with E-state index in [1.54, 1.807) is 6.07 Å². The molecule has 0 radical (unpaired) electrons. The molecule has 1 aliphatic carbocycles. The molecule has 82 valence electrons. The third kappa shape index (κ3) is 1.38. The number of hydrogen-bond donors (Lipinski definition) is 1. The summed E-state index contributed by atoms with van der Waals surface area (Å²) >= 11 is 0. The van der Waals surface area contributed by atoms with Crippen LogP contribution in [-0.4, -0.2) is 23.0 Å². The number of nitrogens with one attached hydrogen (secondary N) is 1. The van der Waals surface area contributed by atoms with Gasteiger partial charge in [-0.25, -0.2) is 9.78 Å². The topological polar surface area (TPSA) is 55.0 Å². The number of H-pyrrole nitrogens is 1. The molecule has 0 spiro atoms. The highest BCUT2D eigenvalue weighted by Crippen LogP contribution is 2.39. The average Bonchev–Trinajstić information content (AvgIpc) is 3.07. The fourth-order valence-electron chi connectivity index (χ4n) is 1.88. The lowest BCUT2D eigenvalue weighted by atomic mass is 10.2. The van der Waals surface area contributed by atoms with Crippen LogP contribution in [-0.2, 0) is 4.74 Å². The number of aromatic amines is 1. The van der Waals surface area contributed by atoms with Crippen LogP contribution in [0.5, 0.6) is 0 Å². The Bertz CT molecular complexity index is 555. The second-order valence-corrected chi connectivity index (χ2v) is 4.09. The molecule has 0 saturated heterocycles. The molecule has 1 aliphatic rings. The number of para-hydroxylation sites is 1. The predicted molar refractivity (Wildman–Crippen MR) is 59.4 cm³/mol. The van der Waals surface area contributed by atoms with Crippen LogP contribution in [0.15, 0.2) is 18.2 Å². The van der Waals surface area contributed by atoms with E-state index in [2.05, 4.69) is 9.97 Å². The number of carbonyl (C=O) groups excluding carboxylic acids is 1. The fraction of sp³-hybridized carbons (Fsp3) is 0.333. The van der Waals surface area contributed by atoms with Gasteiger partial charge in [-0.3, -0.25) is 0 Å². The minimum absolute atomic E-state index is 0.334. The zero-order chi connectivity index (χ0) is 11.1. The van der Waals surface area contributed by atoms with Crippen molar-refractivity contribution >= 4 is 17.0 Å². The van der Waals surface area contributed by atoms with E-state index in [4.69, 9.17) is 4.74 Å². The number of fused-ring (bicyclic) bond motifs is 1. The summed E-state index contributed by atoms with van der Waals surface area (Å²) in [6.07, 6.45) is 2.38. The first-order chi connectivity index (χ1) is 7.79. The number of imidazole rings is 1. The molecule has 0 aliphatic heterocycles. The summed E-state index contributed by atoms with van der Waals surface area (Å²) in [5.41, 5.74) is 2.16. The van der Waals surface area contributed by atoms with Crippen LogP contribution in [0.25, 0.3) is 11.0 Å². The summed E-state index contributed by atoms with van der Waals surface area (Å²) in [7, 11) is 1.38. The minimum atomic E-state index is -0.334. The summed E-state index contributed by atoms with van der Waals surface area (Å²) < 4.78 is 4.74. The van der Waals surface area contributed by atoms with E-state index in [0.29, 0.717) is 11.5 Å². The molecular weight excluding hydrogens is 204 g/mol. The number of aromatic nitrogens is 2. The number of esters is 1. The van der Waals surface area contributed by atoms with Crippen molar-refractivity contribution in [2.45, 2.75) is 18.8 Å². The molecule has 0 unspecified atom stereocenters. The molecule has 1 aromatic carbocycles. The summed E-state index contributed by atoms with van der Waals surface area (Å²) in [6.45, 7) is 0.